The second-order valence-electron chi connectivity index (χ2n) is 8.27. The number of nitrogens with one attached hydrogen (secondary N) is 3. The Bertz CT molecular complexity index is 1330. The maximum Gasteiger partial charge on any atom is 0.338 e. The van der Waals surface area contributed by atoms with Crippen LogP contribution in [-0.2, 0) is 14.3 Å². The number of thiocarbonyl (C=S) groups is 1. The van der Waals surface area contributed by atoms with E-state index in [1.54, 1.807) is 56.3 Å². The fourth-order valence-corrected chi connectivity index (χ4v) is 4.66. The number of ether oxygens (including phenoxy) is 4. The molecular weight excluding hydrogens is 600 g/mol. The van der Waals surface area contributed by atoms with Crippen molar-refractivity contribution in [2.75, 3.05) is 26.4 Å². The summed E-state index contributed by atoms with van der Waals surface area (Å²) >= 11 is 8.79. The lowest BCUT2D eigenvalue weighted by Crippen LogP contribution is -2.45. The van der Waals surface area contributed by atoms with Gasteiger partial charge < -0.3 is 29.6 Å². The molecule has 212 valence electrons. The number of carbonyl (C=O) groups is 2. The minimum absolute atomic E-state index is 0.225. The molecule has 40 heavy (non-hydrogen) atoms. The maximum atomic E-state index is 12.7. The van der Waals surface area contributed by atoms with Crippen LogP contribution in [0.3, 0.4) is 0 Å². The third-order valence-corrected chi connectivity index (χ3v) is 6.24. The average molecular weight is 632 g/mol. The Hall–Kier alpha value is -3.90. The van der Waals surface area contributed by atoms with Crippen LogP contribution in [0, 0.1) is 0 Å². The van der Waals surface area contributed by atoms with E-state index in [9.17, 15) is 9.59 Å². The summed E-state index contributed by atoms with van der Waals surface area (Å²) in [5.41, 5.74) is 4.70. The van der Waals surface area contributed by atoms with E-state index in [4.69, 9.17) is 31.2 Å². The normalized spacial score (nSPS) is 14.7. The predicted octanol–water partition coefficient (Wildman–Crippen LogP) is 4.30. The second-order valence-corrected chi connectivity index (χ2v) is 9.54. The number of hydrogen-bond donors (Lipinski definition) is 3. The number of para-hydroxylation sites is 1. The predicted molar refractivity (Wildman–Crippen MR) is 160 cm³/mol. The summed E-state index contributed by atoms with van der Waals surface area (Å²) in [6, 6.07) is 9.99. The van der Waals surface area contributed by atoms with Gasteiger partial charge in [0.15, 0.2) is 23.2 Å². The molecule has 1 aliphatic heterocycles. The molecule has 0 spiro atoms. The molecule has 2 aromatic carbocycles. The van der Waals surface area contributed by atoms with Gasteiger partial charge in [0.1, 0.15) is 12.4 Å². The van der Waals surface area contributed by atoms with Crippen molar-refractivity contribution in [2.24, 2.45) is 5.10 Å². The molecule has 12 heteroatoms. The highest BCUT2D eigenvalue weighted by Gasteiger charge is 2.32. The Kier molecular flexibility index (Phi) is 11.5. The van der Waals surface area contributed by atoms with Gasteiger partial charge in [0.2, 0.25) is 0 Å². The molecule has 0 unspecified atom stereocenters. The largest absolute Gasteiger partial charge is 0.490 e. The van der Waals surface area contributed by atoms with Crippen molar-refractivity contribution in [1.29, 1.82) is 0 Å². The molecular formula is C28H31BrN4O6S. The summed E-state index contributed by atoms with van der Waals surface area (Å²) in [6.45, 7) is 9.69. The van der Waals surface area contributed by atoms with E-state index in [-0.39, 0.29) is 13.2 Å². The number of benzene rings is 2. The highest BCUT2D eigenvalue weighted by Crippen LogP contribution is 2.37. The van der Waals surface area contributed by atoms with E-state index in [0.717, 1.165) is 0 Å². The van der Waals surface area contributed by atoms with Gasteiger partial charge in [0.25, 0.3) is 5.91 Å². The maximum absolute atomic E-state index is 12.7. The number of amides is 1. The average Bonchev–Trinajstić information content (AvgIpc) is 2.91. The first-order valence-electron chi connectivity index (χ1n) is 12.5. The summed E-state index contributed by atoms with van der Waals surface area (Å²) in [5.74, 6) is 0.527. The smallest absolute Gasteiger partial charge is 0.338 e. The van der Waals surface area contributed by atoms with Crippen LogP contribution >= 0.6 is 28.1 Å². The molecule has 0 aliphatic carbocycles. The van der Waals surface area contributed by atoms with Crippen LogP contribution in [0.15, 0.2) is 69.9 Å². The third-order valence-electron chi connectivity index (χ3n) is 5.43. The summed E-state index contributed by atoms with van der Waals surface area (Å²) in [4.78, 5) is 25.2. The molecule has 1 amide bonds. The Morgan fingerprint density at radius 3 is 2.65 bits per heavy atom. The first-order valence-corrected chi connectivity index (χ1v) is 13.7. The molecule has 1 heterocycles. The van der Waals surface area contributed by atoms with Gasteiger partial charge in [0, 0.05) is 11.3 Å². The van der Waals surface area contributed by atoms with E-state index in [1.807, 2.05) is 6.92 Å². The van der Waals surface area contributed by atoms with Crippen molar-refractivity contribution in [2.45, 2.75) is 26.8 Å². The van der Waals surface area contributed by atoms with Crippen LogP contribution in [-0.4, -0.2) is 49.6 Å². The zero-order valence-electron chi connectivity index (χ0n) is 22.4. The van der Waals surface area contributed by atoms with Crippen LogP contribution in [0.1, 0.15) is 37.9 Å². The molecule has 1 aliphatic rings. The highest BCUT2D eigenvalue weighted by atomic mass is 79.9. The molecule has 0 saturated heterocycles. The van der Waals surface area contributed by atoms with Gasteiger partial charge in [-0.2, -0.15) is 5.10 Å². The van der Waals surface area contributed by atoms with Crippen LogP contribution in [0.5, 0.6) is 17.2 Å². The van der Waals surface area contributed by atoms with Gasteiger partial charge in [-0.25, -0.2) is 10.2 Å². The lowest BCUT2D eigenvalue weighted by atomic mass is 9.95. The zero-order valence-corrected chi connectivity index (χ0v) is 24.8. The van der Waals surface area contributed by atoms with Gasteiger partial charge in [-0.05, 0) is 72.7 Å². The molecule has 3 N–H and O–H groups in total. The monoisotopic (exact) mass is 630 g/mol. The number of rotatable bonds is 13. The van der Waals surface area contributed by atoms with Gasteiger partial charge in [-0.1, -0.05) is 30.9 Å². The first-order chi connectivity index (χ1) is 19.3. The fourth-order valence-electron chi connectivity index (χ4n) is 3.82. The van der Waals surface area contributed by atoms with Crippen LogP contribution < -0.4 is 30.3 Å². The van der Waals surface area contributed by atoms with Gasteiger partial charge in [-0.15, -0.1) is 0 Å². The fraction of sp³-hybridized carbons (Fsp3) is 0.286. The van der Waals surface area contributed by atoms with Gasteiger partial charge in [-0.3, -0.25) is 4.79 Å². The molecule has 0 fully saturated rings. The Morgan fingerprint density at radius 1 is 1.15 bits per heavy atom. The second kappa shape index (κ2) is 15.0. The van der Waals surface area contributed by atoms with E-state index >= 15 is 0 Å². The van der Waals surface area contributed by atoms with E-state index in [1.165, 1.54) is 6.21 Å². The molecule has 0 radical (unpaired) electrons. The molecule has 0 saturated carbocycles. The van der Waals surface area contributed by atoms with E-state index in [0.29, 0.717) is 62.4 Å². The zero-order chi connectivity index (χ0) is 29.1. The highest BCUT2D eigenvalue weighted by molar-refractivity contribution is 9.10. The van der Waals surface area contributed by atoms with Crippen molar-refractivity contribution < 1.29 is 28.5 Å². The molecule has 3 rings (SSSR count). The van der Waals surface area contributed by atoms with Crippen molar-refractivity contribution in [3.63, 3.8) is 0 Å². The van der Waals surface area contributed by atoms with Crippen molar-refractivity contribution in [1.82, 2.24) is 16.1 Å². The number of carbonyl (C=O) groups excluding carboxylic acids is 2. The summed E-state index contributed by atoms with van der Waals surface area (Å²) in [7, 11) is 0. The standard InChI is InChI=1S/C28H31BrN4O6S/c1-5-12-38-26-20(29)13-18(14-22(26)36-6-2)15-30-33-23(34)16-39-21-11-9-8-10-19(21)25-24(27(35)37-7-3)17(4)31-28(40)32-25/h5,8-11,13-15,25H,1,6-7,12,16H2,2-4H3,(H,33,34)(H2,31,32,40)/t25-/m1/s1. The SMILES string of the molecule is C=CCOc1c(Br)cc(C=NNC(=O)COc2ccccc2[C@H]2NC(=S)NC(C)=C2C(=O)OCC)cc1OCC. The number of halogens is 1. The minimum atomic E-state index is -0.624. The third kappa shape index (κ3) is 8.06. The summed E-state index contributed by atoms with van der Waals surface area (Å²) in [5, 5.41) is 10.4. The summed E-state index contributed by atoms with van der Waals surface area (Å²) in [6.07, 6.45) is 3.12. The molecule has 0 bridgehead atoms. The van der Waals surface area contributed by atoms with Crippen molar-refractivity contribution in [3.05, 3.63) is 75.9 Å². The topological polar surface area (TPSA) is 120 Å². The lowest BCUT2D eigenvalue weighted by Gasteiger charge is -2.30. The van der Waals surface area contributed by atoms with Gasteiger partial charge >= 0.3 is 5.97 Å². The van der Waals surface area contributed by atoms with Crippen LogP contribution in [0.4, 0.5) is 0 Å². The van der Waals surface area contributed by atoms with E-state index < -0.39 is 17.9 Å². The van der Waals surface area contributed by atoms with Gasteiger partial charge in [0.05, 0.1) is 35.5 Å². The molecule has 0 aromatic heterocycles. The first kappa shape index (κ1) is 30.6. The van der Waals surface area contributed by atoms with Crippen LogP contribution in [0.25, 0.3) is 0 Å². The Balaban J connectivity index is 1.70. The molecule has 2 aromatic rings. The minimum Gasteiger partial charge on any atom is -0.490 e. The molecule has 10 nitrogen and oxygen atoms in total. The lowest BCUT2D eigenvalue weighted by molar-refractivity contribution is -0.139. The molecule has 1 atom stereocenters. The Labute approximate surface area is 246 Å². The number of hydrogen-bond acceptors (Lipinski definition) is 8. The summed E-state index contributed by atoms with van der Waals surface area (Å²) < 4.78 is 23.1. The quantitative estimate of drug-likeness (QED) is 0.0978. The van der Waals surface area contributed by atoms with Crippen LogP contribution in [0.2, 0.25) is 0 Å². The van der Waals surface area contributed by atoms with Crippen molar-refractivity contribution in [3.8, 4) is 17.2 Å². The number of hydrazone groups is 1. The number of nitrogens with zero attached hydrogens (tertiary/aromatic N) is 1. The Morgan fingerprint density at radius 2 is 1.93 bits per heavy atom. The van der Waals surface area contributed by atoms with E-state index in [2.05, 4.69) is 43.7 Å². The number of esters is 1. The number of allylic oxidation sites excluding steroid dienone is 1. The van der Waals surface area contributed by atoms with Crippen molar-refractivity contribution >= 4 is 51.4 Å².